The van der Waals surface area contributed by atoms with Gasteiger partial charge < -0.3 is 4.85 Å². The number of hydrogen-bond donors (Lipinski definition) is 0. The second-order valence-electron chi connectivity index (χ2n) is 6.21. The minimum atomic E-state index is -0.0132. The Morgan fingerprint density at radius 1 is 1.00 bits per heavy atom. The average Bonchev–Trinajstić information content (AvgIpc) is 2.14. The molecule has 0 fully saturated rings. The summed E-state index contributed by atoms with van der Waals surface area (Å²) in [7, 11) is 0. The van der Waals surface area contributed by atoms with Gasteiger partial charge in [0.1, 0.15) is 5.69 Å². The van der Waals surface area contributed by atoms with Gasteiger partial charge in [0, 0.05) is 5.41 Å². The largest absolute Gasteiger partial charge is 0.361 e. The van der Waals surface area contributed by atoms with Crippen LogP contribution < -0.4 is 0 Å². The van der Waals surface area contributed by atoms with Gasteiger partial charge in [-0.2, -0.15) is 0 Å². The molecule has 0 spiro atoms. The lowest BCUT2D eigenvalue weighted by atomic mass is 9.83. The van der Waals surface area contributed by atoms with E-state index in [1.807, 2.05) is 6.07 Å². The molecule has 1 rings (SSSR count). The molecule has 0 atom stereocenters. The van der Waals surface area contributed by atoms with Crippen LogP contribution in [0.3, 0.4) is 0 Å². The maximum Gasteiger partial charge on any atom is 0.270 e. The minimum absolute atomic E-state index is 0.0132. The van der Waals surface area contributed by atoms with Crippen LogP contribution in [0.15, 0.2) is 12.1 Å². The lowest BCUT2D eigenvalue weighted by Gasteiger charge is -2.22. The smallest absolute Gasteiger partial charge is 0.270 e. The molecule has 16 heavy (non-hydrogen) atoms. The summed E-state index contributed by atoms with van der Waals surface area (Å²) < 4.78 is 0. The third-order valence-corrected chi connectivity index (χ3v) is 2.56. The zero-order valence-corrected chi connectivity index (χ0v) is 11.0. The van der Waals surface area contributed by atoms with Crippen LogP contribution in [-0.4, -0.2) is 4.98 Å². The maximum atomic E-state index is 7.11. The van der Waals surface area contributed by atoms with Crippen LogP contribution in [0.4, 0.5) is 5.82 Å². The van der Waals surface area contributed by atoms with Crippen LogP contribution in [0.2, 0.25) is 0 Å². The van der Waals surface area contributed by atoms with E-state index >= 15 is 0 Å². The second-order valence-corrected chi connectivity index (χ2v) is 6.21. The van der Waals surface area contributed by atoms with Gasteiger partial charge in [-0.15, -0.1) is 4.98 Å². The van der Waals surface area contributed by atoms with E-state index in [1.54, 1.807) is 0 Å². The molecular formula is C14H20N2. The number of rotatable bonds is 0. The van der Waals surface area contributed by atoms with Crippen LogP contribution >= 0.6 is 0 Å². The Morgan fingerprint density at radius 3 is 1.94 bits per heavy atom. The SMILES string of the molecule is [C-]#[N+]c1cc(C(C)(C)C)cc(C(C)(C)C)n1. The van der Waals surface area contributed by atoms with Gasteiger partial charge >= 0.3 is 0 Å². The quantitative estimate of drug-likeness (QED) is 0.593. The van der Waals surface area contributed by atoms with E-state index in [4.69, 9.17) is 6.57 Å². The number of nitrogens with zero attached hydrogens (tertiary/aromatic N) is 2. The molecule has 0 amide bonds. The minimum Gasteiger partial charge on any atom is -0.361 e. The maximum absolute atomic E-state index is 7.11. The Hall–Kier alpha value is -1.36. The van der Waals surface area contributed by atoms with E-state index in [9.17, 15) is 0 Å². The van der Waals surface area contributed by atoms with Gasteiger partial charge in [-0.05, 0) is 23.1 Å². The van der Waals surface area contributed by atoms with Gasteiger partial charge in [0.25, 0.3) is 5.82 Å². The highest BCUT2D eigenvalue weighted by molar-refractivity contribution is 5.44. The topological polar surface area (TPSA) is 17.2 Å². The van der Waals surface area contributed by atoms with Crippen molar-refractivity contribution in [3.8, 4) is 0 Å². The van der Waals surface area contributed by atoms with Gasteiger partial charge in [0.05, 0.1) is 0 Å². The summed E-state index contributed by atoms with van der Waals surface area (Å²) >= 11 is 0. The fraction of sp³-hybridized carbons (Fsp3) is 0.571. The number of aromatic nitrogens is 1. The van der Waals surface area contributed by atoms with Gasteiger partial charge in [-0.1, -0.05) is 48.1 Å². The first-order valence-electron chi connectivity index (χ1n) is 5.55. The summed E-state index contributed by atoms with van der Waals surface area (Å²) in [6.07, 6.45) is 0. The molecule has 0 N–H and O–H groups in total. The predicted molar refractivity (Wildman–Crippen MR) is 67.9 cm³/mol. The first kappa shape index (κ1) is 12.7. The number of pyridine rings is 1. The molecule has 0 aliphatic rings. The predicted octanol–water partition coefficient (Wildman–Crippen LogP) is 4.23. The van der Waals surface area contributed by atoms with Crippen LogP contribution in [0, 0.1) is 6.57 Å². The Balaban J connectivity index is 3.41. The molecule has 0 aliphatic heterocycles. The molecule has 0 bridgehead atoms. The second kappa shape index (κ2) is 3.90. The van der Waals surface area contributed by atoms with E-state index in [1.165, 1.54) is 5.56 Å². The van der Waals surface area contributed by atoms with Crippen molar-refractivity contribution in [1.82, 2.24) is 4.98 Å². The Labute approximate surface area is 98.5 Å². The van der Waals surface area contributed by atoms with Crippen molar-refractivity contribution in [1.29, 1.82) is 0 Å². The first-order valence-corrected chi connectivity index (χ1v) is 5.55. The van der Waals surface area contributed by atoms with Crippen molar-refractivity contribution < 1.29 is 0 Å². The molecule has 1 aromatic rings. The summed E-state index contributed by atoms with van der Waals surface area (Å²) in [5.74, 6) is 0.498. The van der Waals surface area contributed by atoms with Crippen molar-refractivity contribution in [3.05, 3.63) is 34.8 Å². The Bertz CT molecular complexity index is 393. The highest BCUT2D eigenvalue weighted by Gasteiger charge is 2.23. The molecule has 0 unspecified atom stereocenters. The summed E-state index contributed by atoms with van der Waals surface area (Å²) in [4.78, 5) is 7.84. The van der Waals surface area contributed by atoms with E-state index in [0.29, 0.717) is 5.82 Å². The third kappa shape index (κ3) is 2.82. The summed E-state index contributed by atoms with van der Waals surface area (Å²) in [6, 6.07) is 4.01. The standard InChI is InChI=1S/C14H20N2/c1-13(2,3)10-8-11(14(4,5)6)16-12(9-10)15-7/h8-9H,1-6H3. The summed E-state index contributed by atoms with van der Waals surface area (Å²) in [5, 5.41) is 0. The molecule has 2 nitrogen and oxygen atoms in total. The molecular weight excluding hydrogens is 196 g/mol. The lowest BCUT2D eigenvalue weighted by Crippen LogP contribution is -2.17. The van der Waals surface area contributed by atoms with E-state index in [-0.39, 0.29) is 10.8 Å². The van der Waals surface area contributed by atoms with Crippen molar-refractivity contribution in [2.45, 2.75) is 52.4 Å². The van der Waals surface area contributed by atoms with Gasteiger partial charge in [-0.25, -0.2) is 0 Å². The van der Waals surface area contributed by atoms with E-state index in [0.717, 1.165) is 5.69 Å². The highest BCUT2D eigenvalue weighted by Crippen LogP contribution is 2.30. The Morgan fingerprint density at radius 2 is 1.56 bits per heavy atom. The molecule has 1 aromatic heterocycles. The van der Waals surface area contributed by atoms with Gasteiger partial charge in [0.15, 0.2) is 0 Å². The van der Waals surface area contributed by atoms with Gasteiger partial charge in [-0.3, -0.25) is 0 Å². The third-order valence-electron chi connectivity index (χ3n) is 2.56. The zero-order valence-electron chi connectivity index (χ0n) is 11.0. The summed E-state index contributed by atoms with van der Waals surface area (Å²) in [5.41, 5.74) is 2.22. The summed E-state index contributed by atoms with van der Waals surface area (Å²) in [6.45, 7) is 19.9. The highest BCUT2D eigenvalue weighted by atomic mass is 14.9. The first-order chi connectivity index (χ1) is 7.14. The molecule has 1 heterocycles. The van der Waals surface area contributed by atoms with Crippen LogP contribution in [0.1, 0.15) is 52.8 Å². The zero-order chi connectivity index (χ0) is 12.6. The monoisotopic (exact) mass is 216 g/mol. The van der Waals surface area contributed by atoms with Crippen molar-refractivity contribution in [2.75, 3.05) is 0 Å². The molecule has 0 radical (unpaired) electrons. The molecule has 0 aliphatic carbocycles. The molecule has 0 saturated heterocycles. The average molecular weight is 216 g/mol. The fourth-order valence-electron chi connectivity index (χ4n) is 1.39. The Kier molecular flexibility index (Phi) is 3.10. The molecule has 0 saturated carbocycles. The van der Waals surface area contributed by atoms with Crippen LogP contribution in [0.5, 0.6) is 0 Å². The van der Waals surface area contributed by atoms with Crippen LogP contribution in [-0.2, 0) is 10.8 Å². The fourth-order valence-corrected chi connectivity index (χ4v) is 1.39. The normalized spacial score (nSPS) is 12.3. The van der Waals surface area contributed by atoms with E-state index < -0.39 is 0 Å². The van der Waals surface area contributed by atoms with E-state index in [2.05, 4.69) is 57.4 Å². The van der Waals surface area contributed by atoms with Crippen molar-refractivity contribution in [3.63, 3.8) is 0 Å². The van der Waals surface area contributed by atoms with Crippen LogP contribution in [0.25, 0.3) is 4.85 Å². The lowest BCUT2D eigenvalue weighted by molar-refractivity contribution is 0.554. The van der Waals surface area contributed by atoms with Crippen molar-refractivity contribution in [2.24, 2.45) is 0 Å². The molecule has 2 heteroatoms. The number of hydrogen-bond acceptors (Lipinski definition) is 1. The van der Waals surface area contributed by atoms with Gasteiger partial charge in [0.2, 0.25) is 0 Å². The molecule has 86 valence electrons. The van der Waals surface area contributed by atoms with Crippen molar-refractivity contribution >= 4 is 5.82 Å². The molecule has 0 aromatic carbocycles.